The fraction of sp³-hybridized carbons (Fsp3) is 0.174. The number of carbonyl (C=O) groups excluding carboxylic acids is 2. The molecule has 0 aliphatic carbocycles. The van der Waals surface area contributed by atoms with Gasteiger partial charge in [-0.15, -0.1) is 0 Å². The van der Waals surface area contributed by atoms with Crippen LogP contribution in [0, 0.1) is 0 Å². The summed E-state index contributed by atoms with van der Waals surface area (Å²) in [4.78, 5) is 29.8. The monoisotopic (exact) mass is 486 g/mol. The van der Waals surface area contributed by atoms with Crippen LogP contribution in [0.5, 0.6) is 0 Å². The van der Waals surface area contributed by atoms with Gasteiger partial charge in [0.05, 0.1) is 23.2 Å². The zero-order chi connectivity index (χ0) is 24.0. The molecule has 0 bridgehead atoms. The van der Waals surface area contributed by atoms with Crippen LogP contribution in [-0.4, -0.2) is 37.5 Å². The molecule has 3 aromatic rings. The van der Waals surface area contributed by atoms with E-state index in [0.29, 0.717) is 10.7 Å². The van der Waals surface area contributed by atoms with Crippen LogP contribution >= 0.6 is 11.6 Å². The van der Waals surface area contributed by atoms with Gasteiger partial charge in [0.25, 0.3) is 5.91 Å². The quantitative estimate of drug-likeness (QED) is 0.507. The molecule has 0 fully saturated rings. The van der Waals surface area contributed by atoms with Crippen LogP contribution in [-0.2, 0) is 21.4 Å². The molecule has 2 N–H and O–H groups in total. The first-order valence-electron chi connectivity index (χ1n) is 9.99. The lowest BCUT2D eigenvalue weighted by Crippen LogP contribution is -2.45. The number of halogens is 1. The Bertz CT molecular complexity index is 1230. The molecule has 1 heterocycles. The lowest BCUT2D eigenvalue weighted by molar-refractivity contribution is -0.116. The van der Waals surface area contributed by atoms with Gasteiger partial charge in [-0.1, -0.05) is 29.8 Å². The maximum absolute atomic E-state index is 13.0. The molecule has 0 saturated heterocycles. The van der Waals surface area contributed by atoms with Crippen LogP contribution in [0.4, 0.5) is 11.4 Å². The summed E-state index contributed by atoms with van der Waals surface area (Å²) in [7, 11) is -3.79. The molecular formula is C23H23ClN4O4S. The molecule has 1 atom stereocenters. The Balaban J connectivity index is 1.79. The summed E-state index contributed by atoms with van der Waals surface area (Å²) in [5.41, 5.74) is 1.64. The second-order valence-corrected chi connectivity index (χ2v) is 9.59. The van der Waals surface area contributed by atoms with E-state index in [4.69, 9.17) is 11.6 Å². The molecule has 0 aliphatic rings. The Morgan fingerprint density at radius 3 is 2.39 bits per heavy atom. The molecule has 1 aromatic heterocycles. The lowest BCUT2D eigenvalue weighted by atomic mass is 10.1. The lowest BCUT2D eigenvalue weighted by Gasteiger charge is -2.28. The number of nitrogens with zero attached hydrogens (tertiary/aromatic N) is 2. The summed E-state index contributed by atoms with van der Waals surface area (Å²) in [6, 6.07) is 15.1. The first-order chi connectivity index (χ1) is 15.7. The van der Waals surface area contributed by atoms with E-state index in [1.165, 1.54) is 19.1 Å². The van der Waals surface area contributed by atoms with Crippen molar-refractivity contribution in [2.24, 2.45) is 0 Å². The Hall–Kier alpha value is -3.43. The fourth-order valence-corrected chi connectivity index (χ4v) is 4.51. The Kier molecular flexibility index (Phi) is 7.67. The number of benzene rings is 2. The van der Waals surface area contributed by atoms with Crippen molar-refractivity contribution in [2.75, 3.05) is 15.9 Å². The molecule has 0 aliphatic heterocycles. The van der Waals surface area contributed by atoms with Crippen molar-refractivity contribution in [1.82, 2.24) is 10.3 Å². The van der Waals surface area contributed by atoms with Crippen molar-refractivity contribution >= 4 is 44.8 Å². The van der Waals surface area contributed by atoms with E-state index in [1.807, 2.05) is 6.07 Å². The summed E-state index contributed by atoms with van der Waals surface area (Å²) in [6.07, 6.45) is 4.30. The zero-order valence-corrected chi connectivity index (χ0v) is 19.6. The summed E-state index contributed by atoms with van der Waals surface area (Å²) < 4.78 is 25.9. The molecule has 3 rings (SSSR count). The molecule has 0 radical (unpaired) electrons. The average Bonchev–Trinajstić information content (AvgIpc) is 2.79. The van der Waals surface area contributed by atoms with Crippen molar-refractivity contribution in [3.05, 3.63) is 89.2 Å². The van der Waals surface area contributed by atoms with Gasteiger partial charge in [0.2, 0.25) is 15.9 Å². The highest BCUT2D eigenvalue weighted by Gasteiger charge is 2.29. The van der Waals surface area contributed by atoms with Crippen LogP contribution in [0.25, 0.3) is 0 Å². The third-order valence-electron chi connectivity index (χ3n) is 4.78. The molecule has 33 heavy (non-hydrogen) atoms. The highest BCUT2D eigenvalue weighted by atomic mass is 35.5. The van der Waals surface area contributed by atoms with E-state index in [0.717, 1.165) is 16.1 Å². The molecule has 0 saturated carbocycles. The van der Waals surface area contributed by atoms with Crippen molar-refractivity contribution in [1.29, 1.82) is 0 Å². The van der Waals surface area contributed by atoms with Gasteiger partial charge < -0.3 is 10.6 Å². The fourth-order valence-electron chi connectivity index (χ4n) is 3.20. The number of amides is 2. The van der Waals surface area contributed by atoms with Crippen molar-refractivity contribution in [3.63, 3.8) is 0 Å². The number of pyridine rings is 1. The van der Waals surface area contributed by atoms with Crippen LogP contribution in [0.2, 0.25) is 5.02 Å². The predicted octanol–water partition coefficient (Wildman–Crippen LogP) is 3.46. The number of anilines is 2. The van der Waals surface area contributed by atoms with E-state index in [1.54, 1.807) is 54.9 Å². The smallest absolute Gasteiger partial charge is 0.253 e. The molecule has 2 aromatic carbocycles. The molecular weight excluding hydrogens is 464 g/mol. The van der Waals surface area contributed by atoms with Gasteiger partial charge in [0.15, 0.2) is 0 Å². The molecule has 8 nitrogen and oxygen atoms in total. The van der Waals surface area contributed by atoms with Gasteiger partial charge in [0, 0.05) is 24.0 Å². The number of nitrogens with one attached hydrogen (secondary N) is 2. The van der Waals surface area contributed by atoms with Crippen LogP contribution < -0.4 is 14.9 Å². The minimum absolute atomic E-state index is 0.249. The van der Waals surface area contributed by atoms with Crippen molar-refractivity contribution < 1.29 is 18.0 Å². The predicted molar refractivity (Wildman–Crippen MR) is 129 cm³/mol. The maximum Gasteiger partial charge on any atom is 0.253 e. The van der Waals surface area contributed by atoms with Gasteiger partial charge in [0.1, 0.15) is 6.04 Å². The van der Waals surface area contributed by atoms with Crippen molar-refractivity contribution in [2.45, 2.75) is 19.5 Å². The van der Waals surface area contributed by atoms with Gasteiger partial charge >= 0.3 is 0 Å². The normalized spacial score (nSPS) is 12.0. The summed E-state index contributed by atoms with van der Waals surface area (Å²) in [6.45, 7) is 1.74. The summed E-state index contributed by atoms with van der Waals surface area (Å²) in [5.74, 6) is -0.983. The third kappa shape index (κ3) is 6.30. The van der Waals surface area contributed by atoms with Gasteiger partial charge in [-0.25, -0.2) is 8.42 Å². The zero-order valence-electron chi connectivity index (χ0n) is 18.0. The van der Waals surface area contributed by atoms with E-state index in [-0.39, 0.29) is 23.7 Å². The topological polar surface area (TPSA) is 108 Å². The third-order valence-corrected chi connectivity index (χ3v) is 6.27. The maximum atomic E-state index is 13.0. The Labute approximate surface area is 197 Å². The van der Waals surface area contributed by atoms with Crippen LogP contribution in [0.1, 0.15) is 22.8 Å². The Morgan fingerprint density at radius 1 is 1.06 bits per heavy atom. The number of hydrogen-bond acceptors (Lipinski definition) is 5. The number of para-hydroxylation sites is 1. The highest BCUT2D eigenvalue weighted by molar-refractivity contribution is 7.92. The molecule has 0 spiro atoms. The van der Waals surface area contributed by atoms with E-state index < -0.39 is 22.0 Å². The van der Waals surface area contributed by atoms with Gasteiger partial charge in [-0.2, -0.15) is 0 Å². The highest BCUT2D eigenvalue weighted by Crippen LogP contribution is 2.24. The number of aromatic nitrogens is 1. The largest absolute Gasteiger partial charge is 0.348 e. The van der Waals surface area contributed by atoms with E-state index >= 15 is 0 Å². The molecule has 0 unspecified atom stereocenters. The molecule has 2 amide bonds. The van der Waals surface area contributed by atoms with E-state index in [2.05, 4.69) is 15.6 Å². The number of hydrogen-bond donors (Lipinski definition) is 2. The summed E-state index contributed by atoms with van der Waals surface area (Å²) in [5, 5.41) is 5.91. The minimum atomic E-state index is -3.79. The second-order valence-electron chi connectivity index (χ2n) is 7.29. The summed E-state index contributed by atoms with van der Waals surface area (Å²) >= 11 is 5.90. The first kappa shape index (κ1) is 24.2. The second kappa shape index (κ2) is 10.5. The van der Waals surface area contributed by atoms with Crippen molar-refractivity contribution in [3.8, 4) is 0 Å². The standard InChI is InChI=1S/C23H23ClN4O4S/c1-16(28(33(2,31)32)19-11-9-18(24)10-12-19)22(29)27-21-8-4-3-7-20(21)23(30)26-15-17-6-5-13-25-14-17/h3-14,16H,15H2,1-2H3,(H,26,30)(H,27,29)/t16-/m0/s1. The van der Waals surface area contributed by atoms with Crippen LogP contribution in [0.3, 0.4) is 0 Å². The SMILES string of the molecule is C[C@@H](C(=O)Nc1ccccc1C(=O)NCc1cccnc1)N(c1ccc(Cl)cc1)S(C)(=O)=O. The van der Waals surface area contributed by atoms with Crippen LogP contribution in [0.15, 0.2) is 73.1 Å². The first-order valence-corrected chi connectivity index (χ1v) is 12.2. The molecule has 172 valence electrons. The number of sulfonamides is 1. The van der Waals surface area contributed by atoms with Gasteiger partial charge in [-0.3, -0.25) is 18.9 Å². The Morgan fingerprint density at radius 2 is 1.76 bits per heavy atom. The average molecular weight is 487 g/mol. The number of rotatable bonds is 8. The van der Waals surface area contributed by atoms with E-state index in [9.17, 15) is 18.0 Å². The van der Waals surface area contributed by atoms with Gasteiger partial charge in [-0.05, 0) is 55.0 Å². The number of carbonyl (C=O) groups is 2. The molecule has 10 heteroatoms. The minimum Gasteiger partial charge on any atom is -0.348 e.